The minimum absolute atomic E-state index is 0.117. The molecule has 0 radical (unpaired) electrons. The summed E-state index contributed by atoms with van der Waals surface area (Å²) in [5.41, 5.74) is 0.483. The van der Waals surface area contributed by atoms with E-state index in [4.69, 9.17) is 16.9 Å². The zero-order chi connectivity index (χ0) is 15.5. The Morgan fingerprint density at radius 2 is 1.86 bits per heavy atom. The third kappa shape index (κ3) is 3.58. The molecule has 1 atom stereocenters. The van der Waals surface area contributed by atoms with Gasteiger partial charge in [-0.15, -0.1) is 0 Å². The maximum absolute atomic E-state index is 13.2. The van der Waals surface area contributed by atoms with E-state index >= 15 is 0 Å². The number of nitrogens with one attached hydrogen (secondary N) is 1. The molecule has 0 aliphatic carbocycles. The topological polar surface area (TPSA) is 70.0 Å². The maximum atomic E-state index is 13.2. The Morgan fingerprint density at radius 1 is 1.19 bits per heavy atom. The van der Waals surface area contributed by atoms with Gasteiger partial charge in [-0.2, -0.15) is 9.98 Å². The maximum Gasteiger partial charge on any atom is 0.243 e. The molecule has 2 aromatic rings. The Morgan fingerprint density at radius 3 is 2.48 bits per heavy atom. The summed E-state index contributed by atoms with van der Waals surface area (Å²) >= 11 is 5.78. The number of sulfonamides is 1. The molecule has 0 heterocycles. The van der Waals surface area contributed by atoms with Crippen molar-refractivity contribution < 1.29 is 12.8 Å². The lowest BCUT2D eigenvalue weighted by atomic mass is 10.1. The molecule has 0 spiro atoms. The van der Waals surface area contributed by atoms with Crippen LogP contribution in [0.4, 0.5) is 4.39 Å². The van der Waals surface area contributed by atoms with Crippen LogP contribution in [-0.2, 0) is 10.0 Å². The van der Waals surface area contributed by atoms with E-state index in [0.717, 1.165) is 18.2 Å². The molecule has 0 aromatic heterocycles. The Bertz CT molecular complexity index is 788. The average molecular weight is 325 g/mol. The van der Waals surface area contributed by atoms with Crippen LogP contribution in [0.1, 0.15) is 11.6 Å². The van der Waals surface area contributed by atoms with Gasteiger partial charge >= 0.3 is 0 Å². The molecular formula is C14H10ClFN2O2S. The highest BCUT2D eigenvalue weighted by atomic mass is 35.5. The van der Waals surface area contributed by atoms with Gasteiger partial charge in [0.2, 0.25) is 10.0 Å². The third-order valence-corrected chi connectivity index (χ3v) is 4.62. The predicted octanol–water partition coefficient (Wildman–Crippen LogP) is 3.02. The summed E-state index contributed by atoms with van der Waals surface area (Å²) in [5, 5.41) is 9.01. The number of hydrogen-bond donors (Lipinski definition) is 1. The van der Waals surface area contributed by atoms with E-state index in [-0.39, 0.29) is 5.02 Å². The first-order valence-electron chi connectivity index (χ1n) is 5.86. The van der Waals surface area contributed by atoms with Crippen molar-refractivity contribution in [2.75, 3.05) is 0 Å². The lowest BCUT2D eigenvalue weighted by molar-refractivity contribution is 0.572. The van der Waals surface area contributed by atoms with E-state index in [1.807, 2.05) is 6.07 Å². The van der Waals surface area contributed by atoms with E-state index in [1.54, 1.807) is 30.3 Å². The summed E-state index contributed by atoms with van der Waals surface area (Å²) in [5.74, 6) is -0.729. The van der Waals surface area contributed by atoms with E-state index in [2.05, 4.69) is 4.72 Å². The second kappa shape index (κ2) is 6.22. The van der Waals surface area contributed by atoms with Crippen LogP contribution in [0.25, 0.3) is 0 Å². The Labute approximate surface area is 126 Å². The molecule has 0 aliphatic heterocycles. The van der Waals surface area contributed by atoms with Crippen LogP contribution in [0.5, 0.6) is 0 Å². The average Bonchev–Trinajstić information content (AvgIpc) is 2.48. The number of benzene rings is 2. The molecule has 1 N–H and O–H groups in total. The van der Waals surface area contributed by atoms with Crippen molar-refractivity contribution in [3.8, 4) is 6.07 Å². The standard InChI is InChI=1S/C14H10ClFN2O2S/c15-12-7-6-11(16)8-14(12)21(19,20)18-13(9-17)10-4-2-1-3-5-10/h1-8,13,18H. The lowest BCUT2D eigenvalue weighted by Crippen LogP contribution is -2.28. The van der Waals surface area contributed by atoms with Gasteiger partial charge in [-0.1, -0.05) is 41.9 Å². The summed E-state index contributed by atoms with van der Waals surface area (Å²) in [7, 11) is -4.12. The normalized spacial score (nSPS) is 12.6. The van der Waals surface area contributed by atoms with Crippen molar-refractivity contribution in [2.24, 2.45) is 0 Å². The van der Waals surface area contributed by atoms with Gasteiger partial charge in [-0.05, 0) is 23.8 Å². The minimum atomic E-state index is -4.12. The van der Waals surface area contributed by atoms with Crippen LogP contribution < -0.4 is 4.72 Å². The first-order valence-corrected chi connectivity index (χ1v) is 7.72. The summed E-state index contributed by atoms with van der Waals surface area (Å²) < 4.78 is 39.9. The SMILES string of the molecule is N#CC(NS(=O)(=O)c1cc(F)ccc1Cl)c1ccccc1. The van der Waals surface area contributed by atoms with Crippen molar-refractivity contribution >= 4 is 21.6 Å². The molecule has 0 bridgehead atoms. The van der Waals surface area contributed by atoms with Gasteiger partial charge in [0.25, 0.3) is 0 Å². The number of halogens is 2. The Kier molecular flexibility index (Phi) is 4.58. The van der Waals surface area contributed by atoms with Crippen LogP contribution >= 0.6 is 11.6 Å². The first kappa shape index (κ1) is 15.4. The van der Waals surface area contributed by atoms with Crippen molar-refractivity contribution in [1.82, 2.24) is 4.72 Å². The van der Waals surface area contributed by atoms with Gasteiger partial charge in [-0.3, -0.25) is 0 Å². The van der Waals surface area contributed by atoms with Crippen LogP contribution in [-0.4, -0.2) is 8.42 Å². The Balaban J connectivity index is 2.37. The van der Waals surface area contributed by atoms with Crippen molar-refractivity contribution in [1.29, 1.82) is 5.26 Å². The Hall–Kier alpha value is -1.94. The van der Waals surface area contributed by atoms with Crippen LogP contribution in [0, 0.1) is 17.1 Å². The number of nitrogens with zero attached hydrogens (tertiary/aromatic N) is 1. The van der Waals surface area contributed by atoms with Crippen LogP contribution in [0.15, 0.2) is 53.4 Å². The van der Waals surface area contributed by atoms with Gasteiger partial charge < -0.3 is 0 Å². The second-order valence-electron chi connectivity index (χ2n) is 4.17. The summed E-state index contributed by atoms with van der Waals surface area (Å²) in [6.45, 7) is 0. The van der Waals surface area contributed by atoms with Crippen LogP contribution in [0.2, 0.25) is 5.02 Å². The molecule has 2 rings (SSSR count). The molecule has 1 unspecified atom stereocenters. The fraction of sp³-hybridized carbons (Fsp3) is 0.0714. The monoisotopic (exact) mass is 324 g/mol. The largest absolute Gasteiger partial charge is 0.243 e. The van der Waals surface area contributed by atoms with Gasteiger partial charge in [-0.25, -0.2) is 12.8 Å². The molecule has 108 valence electrons. The highest BCUT2D eigenvalue weighted by Gasteiger charge is 2.23. The minimum Gasteiger partial charge on any atom is -0.207 e. The first-order chi connectivity index (χ1) is 9.94. The van der Waals surface area contributed by atoms with Gasteiger partial charge in [0.15, 0.2) is 0 Å². The van der Waals surface area contributed by atoms with E-state index in [1.165, 1.54) is 0 Å². The van der Waals surface area contributed by atoms with Crippen molar-refractivity contribution in [3.63, 3.8) is 0 Å². The molecule has 4 nitrogen and oxygen atoms in total. The highest BCUT2D eigenvalue weighted by molar-refractivity contribution is 7.89. The molecule has 0 saturated carbocycles. The predicted molar refractivity (Wildman–Crippen MR) is 76.5 cm³/mol. The molecular weight excluding hydrogens is 315 g/mol. The third-order valence-electron chi connectivity index (χ3n) is 2.72. The lowest BCUT2D eigenvalue weighted by Gasteiger charge is -2.13. The number of rotatable bonds is 4. The zero-order valence-corrected chi connectivity index (χ0v) is 12.2. The fourth-order valence-electron chi connectivity index (χ4n) is 1.72. The van der Waals surface area contributed by atoms with Crippen molar-refractivity contribution in [2.45, 2.75) is 10.9 Å². The van der Waals surface area contributed by atoms with E-state index < -0.39 is 26.8 Å². The van der Waals surface area contributed by atoms with E-state index in [9.17, 15) is 12.8 Å². The molecule has 7 heteroatoms. The molecule has 0 aliphatic rings. The quantitative estimate of drug-likeness (QED) is 0.939. The molecule has 2 aromatic carbocycles. The molecule has 0 amide bonds. The summed E-state index contributed by atoms with van der Waals surface area (Å²) in [4.78, 5) is -0.402. The van der Waals surface area contributed by atoms with Gasteiger partial charge in [0.05, 0.1) is 11.1 Å². The zero-order valence-electron chi connectivity index (χ0n) is 10.6. The highest BCUT2D eigenvalue weighted by Crippen LogP contribution is 2.24. The number of nitriles is 1. The smallest absolute Gasteiger partial charge is 0.207 e. The number of hydrogen-bond acceptors (Lipinski definition) is 3. The van der Waals surface area contributed by atoms with Gasteiger partial charge in [0.1, 0.15) is 16.8 Å². The molecule has 21 heavy (non-hydrogen) atoms. The molecule has 0 fully saturated rings. The summed E-state index contributed by atoms with van der Waals surface area (Å²) in [6.07, 6.45) is 0. The van der Waals surface area contributed by atoms with E-state index in [0.29, 0.717) is 5.56 Å². The summed E-state index contributed by atoms with van der Waals surface area (Å²) in [6, 6.07) is 12.1. The van der Waals surface area contributed by atoms with Crippen molar-refractivity contribution in [3.05, 3.63) is 64.9 Å². The van der Waals surface area contributed by atoms with Gasteiger partial charge in [0, 0.05) is 0 Å². The molecule has 0 saturated heterocycles. The second-order valence-corrected chi connectivity index (χ2v) is 6.26. The fourth-order valence-corrected chi connectivity index (χ4v) is 3.36. The van der Waals surface area contributed by atoms with Crippen LogP contribution in [0.3, 0.4) is 0 Å².